The molecule has 0 bridgehead atoms. The van der Waals surface area contributed by atoms with E-state index >= 15 is 0 Å². The number of carbonyl (C=O) groups is 3. The fourth-order valence-electron chi connectivity index (χ4n) is 6.96. The van der Waals surface area contributed by atoms with Gasteiger partial charge in [-0.2, -0.15) is 0 Å². The first-order chi connectivity index (χ1) is 28.4. The third-order valence-electron chi connectivity index (χ3n) is 10.0. The van der Waals surface area contributed by atoms with Gasteiger partial charge in [0.05, 0.1) is 12.1 Å². The average Bonchev–Trinajstić information content (AvgIpc) is 3.25. The standard InChI is InChI=1S/C49H52N6O3/c1-38-29-31-39(32-30-38)22-17-33-54(48(57)52-43-25-13-5-14-26-43)46(35-41-20-9-3-10-21-41)37-55(49(58)53-44-27-15-6-16-28-44)45(34-40-18-7-2-8-19-40)36-50-47(56)51-42-23-11-4-12-24-42/h2-16,18-21,23-32,45-46H,17,22,33-37H2,1H3,(H,52,57)(H,53,58)(H2,50,51,56). The zero-order valence-electron chi connectivity index (χ0n) is 33.0. The molecule has 58 heavy (non-hydrogen) atoms. The van der Waals surface area contributed by atoms with Crippen LogP contribution >= 0.6 is 0 Å². The van der Waals surface area contributed by atoms with Crippen molar-refractivity contribution in [3.63, 3.8) is 0 Å². The smallest absolute Gasteiger partial charge is 0.322 e. The molecule has 9 heteroatoms. The van der Waals surface area contributed by atoms with Crippen molar-refractivity contribution in [2.75, 3.05) is 35.6 Å². The maximum Gasteiger partial charge on any atom is 0.322 e. The summed E-state index contributed by atoms with van der Waals surface area (Å²) >= 11 is 0. The molecule has 0 spiro atoms. The molecule has 0 aliphatic carbocycles. The number of urea groups is 3. The van der Waals surface area contributed by atoms with Gasteiger partial charge in [0.1, 0.15) is 0 Å². The SMILES string of the molecule is Cc1ccc(CCCN(C(=O)Nc2ccccc2)C(Cc2ccccc2)CN(C(=O)Nc2ccccc2)C(CNC(=O)Nc2ccccc2)Cc2ccccc2)cc1. The van der Waals surface area contributed by atoms with Crippen molar-refractivity contribution < 1.29 is 14.4 Å². The molecule has 2 unspecified atom stereocenters. The van der Waals surface area contributed by atoms with Crippen LogP contribution in [0.5, 0.6) is 0 Å². The fourth-order valence-corrected chi connectivity index (χ4v) is 6.96. The molecule has 0 aromatic heterocycles. The van der Waals surface area contributed by atoms with Crippen LogP contribution in [-0.4, -0.2) is 59.6 Å². The van der Waals surface area contributed by atoms with E-state index in [2.05, 4.69) is 64.6 Å². The first kappa shape index (κ1) is 40.8. The van der Waals surface area contributed by atoms with Crippen molar-refractivity contribution in [1.82, 2.24) is 15.1 Å². The summed E-state index contributed by atoms with van der Waals surface area (Å²) in [5.41, 5.74) is 6.41. The molecule has 0 radical (unpaired) electrons. The van der Waals surface area contributed by atoms with Crippen molar-refractivity contribution in [3.8, 4) is 0 Å². The van der Waals surface area contributed by atoms with Gasteiger partial charge in [-0.1, -0.05) is 145 Å². The van der Waals surface area contributed by atoms with Crippen LogP contribution in [0.3, 0.4) is 0 Å². The molecule has 0 fully saturated rings. The van der Waals surface area contributed by atoms with Gasteiger partial charge < -0.3 is 31.1 Å². The summed E-state index contributed by atoms with van der Waals surface area (Å²) in [6.07, 6.45) is 2.43. The van der Waals surface area contributed by atoms with Gasteiger partial charge in [0.2, 0.25) is 0 Å². The van der Waals surface area contributed by atoms with Crippen LogP contribution in [-0.2, 0) is 19.3 Å². The first-order valence-electron chi connectivity index (χ1n) is 19.9. The van der Waals surface area contributed by atoms with Gasteiger partial charge in [-0.05, 0) is 85.7 Å². The van der Waals surface area contributed by atoms with Crippen molar-refractivity contribution >= 4 is 35.2 Å². The molecule has 0 saturated carbocycles. The quantitative estimate of drug-likeness (QED) is 0.0742. The number of nitrogens with zero attached hydrogens (tertiary/aromatic N) is 2. The Balaban J connectivity index is 1.36. The molecule has 0 aliphatic rings. The lowest BCUT2D eigenvalue weighted by Crippen LogP contribution is -2.57. The summed E-state index contributed by atoms with van der Waals surface area (Å²) in [5, 5.41) is 12.2. The number of anilines is 3. The monoisotopic (exact) mass is 772 g/mol. The Bertz CT molecular complexity index is 2140. The number of rotatable bonds is 17. The largest absolute Gasteiger partial charge is 0.336 e. The molecule has 6 aromatic rings. The Kier molecular flexibility index (Phi) is 15.1. The fraction of sp³-hybridized carbons (Fsp3) is 0.204. The van der Waals surface area contributed by atoms with Gasteiger partial charge in [0.15, 0.2) is 0 Å². The second-order valence-corrected chi connectivity index (χ2v) is 14.4. The van der Waals surface area contributed by atoms with Gasteiger partial charge in [-0.25, -0.2) is 14.4 Å². The third-order valence-corrected chi connectivity index (χ3v) is 10.0. The second kappa shape index (κ2) is 21.4. The van der Waals surface area contributed by atoms with Crippen molar-refractivity contribution in [3.05, 3.63) is 198 Å². The van der Waals surface area contributed by atoms with Gasteiger partial charge >= 0.3 is 18.1 Å². The summed E-state index contributed by atoms with van der Waals surface area (Å²) in [6.45, 7) is 2.85. The Labute approximate surface area is 342 Å². The maximum absolute atomic E-state index is 14.7. The Morgan fingerprint density at radius 3 is 1.41 bits per heavy atom. The minimum Gasteiger partial charge on any atom is -0.336 e. The third kappa shape index (κ3) is 12.8. The molecule has 6 rings (SSSR count). The Morgan fingerprint density at radius 1 is 0.483 bits per heavy atom. The summed E-state index contributed by atoms with van der Waals surface area (Å²) in [7, 11) is 0. The molecule has 4 N–H and O–H groups in total. The van der Waals surface area contributed by atoms with Crippen LogP contribution in [0.4, 0.5) is 31.4 Å². The number of carbonyl (C=O) groups excluding carboxylic acids is 3. The van der Waals surface area contributed by atoms with Crippen LogP contribution in [0.2, 0.25) is 0 Å². The van der Waals surface area contributed by atoms with E-state index < -0.39 is 12.1 Å². The van der Waals surface area contributed by atoms with E-state index in [0.717, 1.165) is 17.5 Å². The lowest BCUT2D eigenvalue weighted by atomic mass is 10.00. The lowest BCUT2D eigenvalue weighted by Gasteiger charge is -2.39. The van der Waals surface area contributed by atoms with E-state index in [0.29, 0.717) is 42.9 Å². The van der Waals surface area contributed by atoms with Crippen molar-refractivity contribution in [1.29, 1.82) is 0 Å². The lowest BCUT2D eigenvalue weighted by molar-refractivity contribution is 0.138. The van der Waals surface area contributed by atoms with Gasteiger partial charge in [-0.3, -0.25) is 0 Å². The van der Waals surface area contributed by atoms with Gasteiger partial charge in [0.25, 0.3) is 0 Å². The van der Waals surface area contributed by atoms with E-state index in [1.165, 1.54) is 11.1 Å². The molecule has 6 amide bonds. The van der Waals surface area contributed by atoms with Gasteiger partial charge in [0, 0.05) is 36.7 Å². The van der Waals surface area contributed by atoms with E-state index in [9.17, 15) is 14.4 Å². The second-order valence-electron chi connectivity index (χ2n) is 14.4. The summed E-state index contributed by atoms with van der Waals surface area (Å²) in [5.74, 6) is 0. The number of benzene rings is 6. The van der Waals surface area contributed by atoms with Gasteiger partial charge in [-0.15, -0.1) is 0 Å². The molecule has 9 nitrogen and oxygen atoms in total. The summed E-state index contributed by atoms with van der Waals surface area (Å²) in [4.78, 5) is 46.3. The normalized spacial score (nSPS) is 11.7. The predicted octanol–water partition coefficient (Wildman–Crippen LogP) is 10.0. The number of para-hydroxylation sites is 3. The molecule has 0 saturated heterocycles. The van der Waals surface area contributed by atoms with Crippen LogP contribution in [0.15, 0.2) is 176 Å². The number of aryl methyl sites for hydroxylation is 2. The van der Waals surface area contributed by atoms with E-state index in [-0.39, 0.29) is 31.2 Å². The number of hydrogen-bond acceptors (Lipinski definition) is 3. The highest BCUT2D eigenvalue weighted by Gasteiger charge is 2.32. The Morgan fingerprint density at radius 2 is 0.914 bits per heavy atom. The zero-order chi connectivity index (χ0) is 40.4. The number of nitrogens with one attached hydrogen (secondary N) is 4. The molecule has 6 aromatic carbocycles. The highest BCUT2D eigenvalue weighted by Crippen LogP contribution is 2.20. The van der Waals surface area contributed by atoms with Crippen LogP contribution < -0.4 is 21.3 Å². The van der Waals surface area contributed by atoms with Crippen LogP contribution in [0, 0.1) is 6.92 Å². The maximum atomic E-state index is 14.7. The molecule has 0 heterocycles. The number of hydrogen-bond donors (Lipinski definition) is 4. The molecule has 0 aliphatic heterocycles. The Hall–Kier alpha value is -6.87. The summed E-state index contributed by atoms with van der Waals surface area (Å²) in [6, 6.07) is 54.6. The zero-order valence-corrected chi connectivity index (χ0v) is 33.0. The highest BCUT2D eigenvalue weighted by molar-refractivity contribution is 5.91. The van der Waals surface area contributed by atoms with E-state index in [1.54, 1.807) is 4.90 Å². The van der Waals surface area contributed by atoms with Crippen LogP contribution in [0.25, 0.3) is 0 Å². The predicted molar refractivity (Wildman–Crippen MR) is 235 cm³/mol. The summed E-state index contributed by atoms with van der Waals surface area (Å²) < 4.78 is 0. The van der Waals surface area contributed by atoms with Crippen LogP contribution in [0.1, 0.15) is 28.7 Å². The topological polar surface area (TPSA) is 106 Å². The molecule has 2 atom stereocenters. The van der Waals surface area contributed by atoms with E-state index in [1.807, 2.05) is 144 Å². The molecule has 296 valence electrons. The van der Waals surface area contributed by atoms with E-state index in [4.69, 9.17) is 0 Å². The first-order valence-corrected chi connectivity index (χ1v) is 19.9. The number of amides is 6. The minimum absolute atomic E-state index is 0.150. The van der Waals surface area contributed by atoms with Crippen molar-refractivity contribution in [2.45, 2.75) is 44.7 Å². The highest BCUT2D eigenvalue weighted by atomic mass is 16.2. The average molecular weight is 773 g/mol. The minimum atomic E-state index is -0.502. The molecular weight excluding hydrogens is 721 g/mol. The van der Waals surface area contributed by atoms with Crippen molar-refractivity contribution in [2.24, 2.45) is 0 Å². The molecular formula is C49H52N6O3.